The van der Waals surface area contributed by atoms with Crippen LogP contribution in [0.15, 0.2) is 0 Å². The van der Waals surface area contributed by atoms with Gasteiger partial charge in [-0.1, -0.05) is 13.3 Å². The molecular formula is C8H21NO3Si. The van der Waals surface area contributed by atoms with Gasteiger partial charge in [-0.05, 0) is 13.1 Å². The van der Waals surface area contributed by atoms with Crippen molar-refractivity contribution in [2.24, 2.45) is 0 Å². The SMILES string of the molecule is CC=N.CCC[Si](OC)(OC)OC. The molecule has 80 valence electrons. The maximum absolute atomic E-state index is 6.08. The van der Waals surface area contributed by atoms with Crippen LogP contribution in [0, 0.1) is 5.41 Å². The molecule has 0 aromatic rings. The highest BCUT2D eigenvalue weighted by atomic mass is 28.4. The zero-order chi connectivity index (χ0) is 10.7. The summed E-state index contributed by atoms with van der Waals surface area (Å²) in [6.45, 7) is 3.75. The van der Waals surface area contributed by atoms with Crippen molar-refractivity contribution in [1.29, 1.82) is 5.41 Å². The molecule has 0 amide bonds. The smallest absolute Gasteiger partial charge is 0.377 e. The first-order chi connectivity index (χ1) is 6.16. The predicted octanol–water partition coefficient (Wildman–Crippen LogP) is 1.93. The minimum atomic E-state index is -2.22. The quantitative estimate of drug-likeness (QED) is 0.553. The molecule has 0 rings (SSSR count). The molecule has 0 aromatic carbocycles. The number of hydrogen-bond acceptors (Lipinski definition) is 4. The zero-order valence-electron chi connectivity index (χ0n) is 9.22. The van der Waals surface area contributed by atoms with E-state index in [-0.39, 0.29) is 0 Å². The first-order valence-electron chi connectivity index (χ1n) is 4.26. The van der Waals surface area contributed by atoms with Gasteiger partial charge in [-0.25, -0.2) is 0 Å². The summed E-state index contributed by atoms with van der Waals surface area (Å²) in [7, 11) is 2.68. The van der Waals surface area contributed by atoms with E-state index in [9.17, 15) is 0 Å². The predicted molar refractivity (Wildman–Crippen MR) is 56.3 cm³/mol. The molecule has 0 heterocycles. The van der Waals surface area contributed by atoms with Crippen LogP contribution in [0.4, 0.5) is 0 Å². The minimum absolute atomic E-state index is 0.885. The lowest BCUT2D eigenvalue weighted by molar-refractivity contribution is 0.123. The molecule has 0 unspecified atom stereocenters. The van der Waals surface area contributed by atoms with Gasteiger partial charge in [0.15, 0.2) is 0 Å². The van der Waals surface area contributed by atoms with Gasteiger partial charge < -0.3 is 18.7 Å². The van der Waals surface area contributed by atoms with Gasteiger partial charge >= 0.3 is 8.80 Å². The Bertz CT molecular complexity index is 110. The number of hydrogen-bond donors (Lipinski definition) is 1. The van der Waals surface area contributed by atoms with E-state index in [1.165, 1.54) is 6.21 Å². The van der Waals surface area contributed by atoms with Crippen LogP contribution in [-0.4, -0.2) is 36.3 Å². The van der Waals surface area contributed by atoms with Crippen LogP contribution in [0.2, 0.25) is 6.04 Å². The first-order valence-corrected chi connectivity index (χ1v) is 6.20. The monoisotopic (exact) mass is 207 g/mol. The maximum atomic E-state index is 6.08. The molecule has 4 nitrogen and oxygen atoms in total. The number of nitrogens with one attached hydrogen (secondary N) is 1. The molecule has 0 aromatic heterocycles. The zero-order valence-corrected chi connectivity index (χ0v) is 10.2. The molecule has 0 bridgehead atoms. The van der Waals surface area contributed by atoms with Crippen molar-refractivity contribution < 1.29 is 13.3 Å². The third-order valence-electron chi connectivity index (χ3n) is 1.49. The second-order valence-electron chi connectivity index (χ2n) is 2.33. The van der Waals surface area contributed by atoms with E-state index >= 15 is 0 Å². The largest absolute Gasteiger partial charge is 0.500 e. The first kappa shape index (κ1) is 15.2. The summed E-state index contributed by atoms with van der Waals surface area (Å²) in [5.41, 5.74) is 0. The average Bonchev–Trinajstić information content (AvgIpc) is 2.16. The van der Waals surface area contributed by atoms with Crippen molar-refractivity contribution in [3.05, 3.63) is 0 Å². The Labute approximate surface area is 82.1 Å². The van der Waals surface area contributed by atoms with E-state index in [0.717, 1.165) is 12.5 Å². The summed E-state index contributed by atoms with van der Waals surface area (Å²) < 4.78 is 15.5. The van der Waals surface area contributed by atoms with Crippen molar-refractivity contribution in [1.82, 2.24) is 0 Å². The highest BCUT2D eigenvalue weighted by Gasteiger charge is 2.36. The summed E-state index contributed by atoms with van der Waals surface area (Å²) in [5.74, 6) is 0. The molecule has 0 fully saturated rings. The molecule has 0 aliphatic carbocycles. The standard InChI is InChI=1S/C6H16O3Si.C2H5N/c1-5-6-10(7-2,8-3)9-4;1-2-3/h5-6H2,1-4H3;2-3H,1H3. The Balaban J connectivity index is 0. The molecule has 0 spiro atoms. The summed E-state index contributed by atoms with van der Waals surface area (Å²) in [6, 6.07) is 0.885. The lowest BCUT2D eigenvalue weighted by atomic mass is 10.6. The minimum Gasteiger partial charge on any atom is -0.377 e. The van der Waals surface area contributed by atoms with Crippen molar-refractivity contribution in [3.8, 4) is 0 Å². The van der Waals surface area contributed by atoms with Gasteiger partial charge in [-0.15, -0.1) is 0 Å². The van der Waals surface area contributed by atoms with E-state index < -0.39 is 8.80 Å². The van der Waals surface area contributed by atoms with Crippen LogP contribution >= 0.6 is 0 Å². The van der Waals surface area contributed by atoms with E-state index in [1.54, 1.807) is 28.3 Å². The Hall–Kier alpha value is -0.233. The lowest BCUT2D eigenvalue weighted by Crippen LogP contribution is -2.42. The fourth-order valence-corrected chi connectivity index (χ4v) is 2.59. The van der Waals surface area contributed by atoms with Gasteiger partial charge in [0.2, 0.25) is 0 Å². The highest BCUT2D eigenvalue weighted by Crippen LogP contribution is 2.13. The normalized spacial score (nSPS) is 10.2. The Morgan fingerprint density at radius 1 is 1.15 bits per heavy atom. The van der Waals surface area contributed by atoms with Gasteiger partial charge in [0.25, 0.3) is 0 Å². The van der Waals surface area contributed by atoms with Crippen LogP contribution in [-0.2, 0) is 13.3 Å². The van der Waals surface area contributed by atoms with Crippen LogP contribution in [0.1, 0.15) is 20.3 Å². The van der Waals surface area contributed by atoms with Gasteiger partial charge in [-0.3, -0.25) is 0 Å². The van der Waals surface area contributed by atoms with Gasteiger partial charge in [0.05, 0.1) is 0 Å². The summed E-state index contributed by atoms with van der Waals surface area (Å²) in [4.78, 5) is 0. The lowest BCUT2D eigenvalue weighted by Gasteiger charge is -2.23. The Morgan fingerprint density at radius 2 is 1.46 bits per heavy atom. The Morgan fingerprint density at radius 3 is 1.54 bits per heavy atom. The second-order valence-corrected chi connectivity index (χ2v) is 5.42. The molecule has 0 radical (unpaired) electrons. The fourth-order valence-electron chi connectivity index (χ4n) is 0.862. The van der Waals surface area contributed by atoms with Gasteiger partial charge in [-0.2, -0.15) is 0 Å². The molecule has 0 saturated heterocycles. The van der Waals surface area contributed by atoms with Crippen LogP contribution in [0.25, 0.3) is 0 Å². The van der Waals surface area contributed by atoms with Gasteiger partial charge in [0.1, 0.15) is 0 Å². The summed E-state index contributed by atoms with van der Waals surface area (Å²) in [6.07, 6.45) is 2.28. The van der Waals surface area contributed by atoms with Crippen molar-refractivity contribution >= 4 is 15.0 Å². The topological polar surface area (TPSA) is 51.5 Å². The molecule has 5 heteroatoms. The van der Waals surface area contributed by atoms with Crippen LogP contribution in [0.5, 0.6) is 0 Å². The summed E-state index contributed by atoms with van der Waals surface area (Å²) in [5, 5.41) is 6.08. The van der Waals surface area contributed by atoms with Crippen molar-refractivity contribution in [3.63, 3.8) is 0 Å². The average molecular weight is 207 g/mol. The highest BCUT2D eigenvalue weighted by molar-refractivity contribution is 6.60. The molecule has 0 saturated carbocycles. The van der Waals surface area contributed by atoms with E-state index in [4.69, 9.17) is 18.7 Å². The second kappa shape index (κ2) is 9.85. The van der Waals surface area contributed by atoms with E-state index in [2.05, 4.69) is 6.92 Å². The maximum Gasteiger partial charge on any atom is 0.500 e. The third kappa shape index (κ3) is 6.89. The molecular weight excluding hydrogens is 186 g/mol. The van der Waals surface area contributed by atoms with Crippen LogP contribution in [0.3, 0.4) is 0 Å². The molecule has 0 aliphatic rings. The van der Waals surface area contributed by atoms with Gasteiger partial charge in [0, 0.05) is 27.4 Å². The van der Waals surface area contributed by atoms with Crippen molar-refractivity contribution in [2.45, 2.75) is 26.3 Å². The third-order valence-corrected chi connectivity index (χ3v) is 4.47. The van der Waals surface area contributed by atoms with E-state index in [1.807, 2.05) is 0 Å². The molecule has 0 atom stereocenters. The summed E-state index contributed by atoms with van der Waals surface area (Å²) >= 11 is 0. The molecule has 1 N–H and O–H groups in total. The van der Waals surface area contributed by atoms with E-state index in [0.29, 0.717) is 0 Å². The fraction of sp³-hybridized carbons (Fsp3) is 0.875. The Kier molecular flexibility index (Phi) is 11.6. The molecule has 13 heavy (non-hydrogen) atoms. The van der Waals surface area contributed by atoms with Crippen molar-refractivity contribution in [2.75, 3.05) is 21.3 Å². The number of rotatable bonds is 5. The van der Waals surface area contributed by atoms with Crippen LogP contribution < -0.4 is 0 Å². The molecule has 0 aliphatic heterocycles.